The monoisotopic (exact) mass is 370 g/mol. The van der Waals surface area contributed by atoms with Gasteiger partial charge in [0, 0.05) is 18.4 Å². The summed E-state index contributed by atoms with van der Waals surface area (Å²) in [6.45, 7) is 2.63. The first kappa shape index (κ1) is 17.5. The summed E-state index contributed by atoms with van der Waals surface area (Å²) in [4.78, 5) is 14.4. The zero-order valence-corrected chi connectivity index (χ0v) is 15.6. The Morgan fingerprint density at radius 2 is 1.72 bits per heavy atom. The van der Waals surface area contributed by atoms with Crippen molar-refractivity contribution in [2.45, 2.75) is 6.92 Å². The molecule has 6 heteroatoms. The van der Waals surface area contributed by atoms with E-state index in [1.807, 2.05) is 68.6 Å². The third-order valence-electron chi connectivity index (χ3n) is 3.76. The van der Waals surface area contributed by atoms with Gasteiger partial charge in [-0.1, -0.05) is 36.1 Å². The molecule has 1 amide bonds. The second-order valence-electron chi connectivity index (χ2n) is 5.43. The zero-order chi connectivity index (χ0) is 17.8. The first-order valence-corrected chi connectivity index (χ1v) is 9.11. The number of anilines is 2. The second kappa shape index (κ2) is 7.72. The number of ether oxygens (including phenoxy) is 1. The van der Waals surface area contributed by atoms with Gasteiger partial charge in [0.1, 0.15) is 10.1 Å². The van der Waals surface area contributed by atoms with Crippen LogP contribution in [0, 0.1) is 0 Å². The Balaban J connectivity index is 1.74. The Bertz CT molecular complexity index is 814. The van der Waals surface area contributed by atoms with E-state index < -0.39 is 0 Å². The highest BCUT2D eigenvalue weighted by atomic mass is 32.2. The molecule has 0 aromatic heterocycles. The number of benzene rings is 2. The summed E-state index contributed by atoms with van der Waals surface area (Å²) in [5.41, 5.74) is 3.10. The molecule has 0 spiro atoms. The molecule has 4 nitrogen and oxygen atoms in total. The molecule has 1 aliphatic heterocycles. The van der Waals surface area contributed by atoms with Crippen LogP contribution >= 0.6 is 24.0 Å². The van der Waals surface area contributed by atoms with Crippen molar-refractivity contribution in [3.05, 3.63) is 59.0 Å². The van der Waals surface area contributed by atoms with Crippen molar-refractivity contribution < 1.29 is 9.53 Å². The minimum Gasteiger partial charge on any atom is -0.494 e. The predicted molar refractivity (Wildman–Crippen MR) is 108 cm³/mol. The van der Waals surface area contributed by atoms with E-state index in [2.05, 4.69) is 10.2 Å². The molecule has 0 radical (unpaired) electrons. The fraction of sp³-hybridized carbons (Fsp3) is 0.158. The Morgan fingerprint density at radius 3 is 2.24 bits per heavy atom. The number of thioether (sulfide) groups is 1. The summed E-state index contributed by atoms with van der Waals surface area (Å²) < 4.78 is 5.98. The normalized spacial score (nSPS) is 15.4. The molecule has 1 fully saturated rings. The first-order valence-electron chi connectivity index (χ1n) is 7.88. The van der Waals surface area contributed by atoms with Crippen molar-refractivity contribution in [3.8, 4) is 5.75 Å². The number of rotatable bonds is 5. The number of nitrogens with one attached hydrogen (secondary N) is 1. The van der Waals surface area contributed by atoms with Crippen LogP contribution in [-0.4, -0.2) is 23.9 Å². The minimum absolute atomic E-state index is 0.134. The fourth-order valence-corrected chi connectivity index (χ4v) is 3.49. The van der Waals surface area contributed by atoms with Crippen LogP contribution in [0.1, 0.15) is 12.5 Å². The number of carbonyl (C=O) groups excluding carboxylic acids is 1. The molecule has 25 heavy (non-hydrogen) atoms. The maximum Gasteiger partial charge on any atom is 0.263 e. The standard InChI is InChI=1S/C19H18N2O2S2/c1-3-23-16-10-8-15(9-11-16)21(2)14-6-4-13(5-7-14)12-17-18(22)20-19(24)25-17/h4-12H,3H2,1-2H3,(H,20,22,24)/b17-12-. The number of hydrogen-bond acceptors (Lipinski definition) is 5. The third-order valence-corrected chi connectivity index (χ3v) is 4.92. The summed E-state index contributed by atoms with van der Waals surface area (Å²) in [5, 5.41) is 2.62. The van der Waals surface area contributed by atoms with E-state index in [1.165, 1.54) is 11.8 Å². The van der Waals surface area contributed by atoms with Crippen molar-refractivity contribution in [3.63, 3.8) is 0 Å². The number of thiocarbonyl (C=S) groups is 1. The molecule has 0 bridgehead atoms. The van der Waals surface area contributed by atoms with E-state index in [4.69, 9.17) is 17.0 Å². The van der Waals surface area contributed by atoms with Gasteiger partial charge >= 0.3 is 0 Å². The van der Waals surface area contributed by atoms with E-state index in [1.54, 1.807) is 0 Å². The first-order chi connectivity index (χ1) is 12.1. The molecule has 128 valence electrons. The summed E-state index contributed by atoms with van der Waals surface area (Å²) >= 11 is 6.29. The van der Waals surface area contributed by atoms with Crippen LogP contribution < -0.4 is 15.0 Å². The Hall–Kier alpha value is -2.31. The minimum atomic E-state index is -0.134. The van der Waals surface area contributed by atoms with Crippen molar-refractivity contribution in [2.75, 3.05) is 18.6 Å². The van der Waals surface area contributed by atoms with Crippen LogP contribution in [0.25, 0.3) is 6.08 Å². The van der Waals surface area contributed by atoms with E-state index >= 15 is 0 Å². The topological polar surface area (TPSA) is 41.6 Å². The molecule has 3 rings (SSSR count). The number of amides is 1. The van der Waals surface area contributed by atoms with Crippen molar-refractivity contribution in [1.82, 2.24) is 5.32 Å². The lowest BCUT2D eigenvalue weighted by Gasteiger charge is -2.20. The summed E-state index contributed by atoms with van der Waals surface area (Å²) in [6, 6.07) is 16.0. The van der Waals surface area contributed by atoms with E-state index in [0.29, 0.717) is 15.8 Å². The van der Waals surface area contributed by atoms with Crippen LogP contribution in [0.3, 0.4) is 0 Å². The number of nitrogens with zero attached hydrogens (tertiary/aromatic N) is 1. The smallest absolute Gasteiger partial charge is 0.263 e. The summed E-state index contributed by atoms with van der Waals surface area (Å²) in [6.07, 6.45) is 1.85. The van der Waals surface area contributed by atoms with Gasteiger partial charge in [0.2, 0.25) is 0 Å². The molecule has 1 heterocycles. The lowest BCUT2D eigenvalue weighted by atomic mass is 10.1. The van der Waals surface area contributed by atoms with Crippen molar-refractivity contribution >= 4 is 51.7 Å². The number of hydrogen-bond donors (Lipinski definition) is 1. The lowest BCUT2D eigenvalue weighted by molar-refractivity contribution is -0.115. The molecule has 1 saturated heterocycles. The highest BCUT2D eigenvalue weighted by Crippen LogP contribution is 2.28. The van der Waals surface area contributed by atoms with Gasteiger partial charge in [-0.25, -0.2) is 0 Å². The van der Waals surface area contributed by atoms with E-state index in [9.17, 15) is 4.79 Å². The average molecular weight is 370 g/mol. The maximum atomic E-state index is 11.7. The van der Waals surface area contributed by atoms with E-state index in [0.717, 1.165) is 22.7 Å². The molecule has 0 aliphatic carbocycles. The molecule has 1 aliphatic rings. The zero-order valence-electron chi connectivity index (χ0n) is 14.0. The quantitative estimate of drug-likeness (QED) is 0.626. The van der Waals surface area contributed by atoms with Crippen molar-refractivity contribution in [2.24, 2.45) is 0 Å². The van der Waals surface area contributed by atoms with Crippen LogP contribution in [0.15, 0.2) is 53.4 Å². The fourth-order valence-electron chi connectivity index (χ4n) is 2.45. The summed E-state index contributed by atoms with van der Waals surface area (Å²) in [5.74, 6) is 0.734. The largest absolute Gasteiger partial charge is 0.494 e. The molecular formula is C19H18N2O2S2. The van der Waals surface area contributed by atoms with Gasteiger partial charge in [0.25, 0.3) is 5.91 Å². The molecule has 1 N–H and O–H groups in total. The van der Waals surface area contributed by atoms with Crippen LogP contribution in [0.2, 0.25) is 0 Å². The summed E-state index contributed by atoms with van der Waals surface area (Å²) in [7, 11) is 2.02. The Labute approximate surface area is 156 Å². The average Bonchev–Trinajstić information content (AvgIpc) is 2.93. The van der Waals surface area contributed by atoms with Gasteiger partial charge in [-0.05, 0) is 55.0 Å². The van der Waals surface area contributed by atoms with Crippen LogP contribution in [0.5, 0.6) is 5.75 Å². The van der Waals surface area contributed by atoms with Gasteiger partial charge in [-0.2, -0.15) is 0 Å². The van der Waals surface area contributed by atoms with E-state index in [-0.39, 0.29) is 5.91 Å². The molecule has 0 unspecified atom stereocenters. The van der Waals surface area contributed by atoms with Crippen molar-refractivity contribution in [1.29, 1.82) is 0 Å². The van der Waals surface area contributed by atoms with Gasteiger partial charge < -0.3 is 15.0 Å². The van der Waals surface area contributed by atoms with Gasteiger partial charge in [-0.3, -0.25) is 4.79 Å². The Morgan fingerprint density at radius 1 is 1.12 bits per heavy atom. The maximum absolute atomic E-state index is 11.7. The Kier molecular flexibility index (Phi) is 5.40. The molecule has 2 aromatic rings. The molecule has 2 aromatic carbocycles. The van der Waals surface area contributed by atoms with Crippen LogP contribution in [-0.2, 0) is 4.79 Å². The van der Waals surface area contributed by atoms with Gasteiger partial charge in [-0.15, -0.1) is 0 Å². The molecular weight excluding hydrogens is 352 g/mol. The highest BCUT2D eigenvalue weighted by Gasteiger charge is 2.21. The van der Waals surface area contributed by atoms with Gasteiger partial charge in [0.05, 0.1) is 11.5 Å². The molecule has 0 saturated carbocycles. The highest BCUT2D eigenvalue weighted by molar-refractivity contribution is 8.26. The number of carbonyl (C=O) groups is 1. The third kappa shape index (κ3) is 4.21. The lowest BCUT2D eigenvalue weighted by Crippen LogP contribution is -2.17. The van der Waals surface area contributed by atoms with Gasteiger partial charge in [0.15, 0.2) is 0 Å². The predicted octanol–water partition coefficient (Wildman–Crippen LogP) is 4.34. The molecule has 0 atom stereocenters. The SMILES string of the molecule is CCOc1ccc(N(C)c2ccc(/C=C3\SC(=S)NC3=O)cc2)cc1. The second-order valence-corrected chi connectivity index (χ2v) is 7.15. The van der Waals surface area contributed by atoms with Crippen LogP contribution in [0.4, 0.5) is 11.4 Å².